The molecule has 0 saturated heterocycles. The van der Waals surface area contributed by atoms with E-state index in [0.717, 1.165) is 24.3 Å². The maximum absolute atomic E-state index is 12.9. The third kappa shape index (κ3) is 4.99. The molecule has 0 aromatic heterocycles. The molecular weight excluding hydrogens is 321 g/mol. The fourth-order valence-corrected chi connectivity index (χ4v) is 2.95. The van der Waals surface area contributed by atoms with E-state index < -0.39 is 52.2 Å². The molecule has 0 bridgehead atoms. The fraction of sp³-hybridized carbons (Fsp3) is 0.462. The highest BCUT2D eigenvalue weighted by Crippen LogP contribution is 2.18. The van der Waals surface area contributed by atoms with E-state index in [1.165, 1.54) is 6.92 Å². The summed E-state index contributed by atoms with van der Waals surface area (Å²) in [6.45, 7) is -0.596. The van der Waals surface area contributed by atoms with E-state index in [2.05, 4.69) is 0 Å². The van der Waals surface area contributed by atoms with Crippen LogP contribution in [0, 0.1) is 5.82 Å². The van der Waals surface area contributed by atoms with Crippen molar-refractivity contribution in [2.75, 3.05) is 13.1 Å². The van der Waals surface area contributed by atoms with Crippen molar-refractivity contribution in [3.63, 3.8) is 0 Å². The number of amides is 1. The third-order valence-corrected chi connectivity index (χ3v) is 5.14. The van der Waals surface area contributed by atoms with Crippen molar-refractivity contribution < 1.29 is 26.4 Å². The summed E-state index contributed by atoms with van der Waals surface area (Å²) in [7, 11) is -3.85. The Kier molecular flexibility index (Phi) is 5.95. The SMILES string of the molecule is CC(CC(=O)NCC(F)(F)CN)S(=O)(=O)c1ccc(F)cc1. The van der Waals surface area contributed by atoms with Crippen LogP contribution in [0.3, 0.4) is 0 Å². The monoisotopic (exact) mass is 338 g/mol. The second-order valence-electron chi connectivity index (χ2n) is 4.85. The Bertz CT molecular complexity index is 618. The summed E-state index contributed by atoms with van der Waals surface area (Å²) in [6.07, 6.45) is -0.486. The van der Waals surface area contributed by atoms with Crippen molar-refractivity contribution in [3.8, 4) is 0 Å². The topological polar surface area (TPSA) is 89.3 Å². The van der Waals surface area contributed by atoms with E-state index in [1.807, 2.05) is 5.32 Å². The first-order valence-corrected chi connectivity index (χ1v) is 7.97. The minimum atomic E-state index is -3.85. The molecule has 9 heteroatoms. The highest BCUT2D eigenvalue weighted by molar-refractivity contribution is 7.92. The molecular formula is C13H17F3N2O3S. The number of carbonyl (C=O) groups is 1. The average molecular weight is 338 g/mol. The van der Waals surface area contributed by atoms with E-state index in [4.69, 9.17) is 5.73 Å². The number of hydrogen-bond acceptors (Lipinski definition) is 4. The smallest absolute Gasteiger partial charge is 0.277 e. The van der Waals surface area contributed by atoms with Crippen LogP contribution in [0.4, 0.5) is 13.2 Å². The lowest BCUT2D eigenvalue weighted by molar-refractivity contribution is -0.122. The molecule has 124 valence electrons. The summed E-state index contributed by atoms with van der Waals surface area (Å²) in [5.74, 6) is -4.66. The largest absolute Gasteiger partial charge is 0.350 e. The van der Waals surface area contributed by atoms with E-state index in [-0.39, 0.29) is 4.90 Å². The summed E-state index contributed by atoms with van der Waals surface area (Å²) in [5.41, 5.74) is 4.82. The van der Waals surface area contributed by atoms with E-state index >= 15 is 0 Å². The van der Waals surface area contributed by atoms with Crippen LogP contribution in [0.2, 0.25) is 0 Å². The van der Waals surface area contributed by atoms with Gasteiger partial charge in [0, 0.05) is 6.42 Å². The van der Waals surface area contributed by atoms with Gasteiger partial charge >= 0.3 is 0 Å². The molecule has 1 unspecified atom stereocenters. The zero-order chi connectivity index (χ0) is 17.0. The van der Waals surface area contributed by atoms with Gasteiger partial charge in [-0.25, -0.2) is 21.6 Å². The van der Waals surface area contributed by atoms with Crippen molar-refractivity contribution in [1.82, 2.24) is 5.32 Å². The van der Waals surface area contributed by atoms with Crippen molar-refractivity contribution in [1.29, 1.82) is 0 Å². The first-order chi connectivity index (χ1) is 10.1. The summed E-state index contributed by atoms with van der Waals surface area (Å²) in [6, 6.07) is 4.15. The van der Waals surface area contributed by atoms with Crippen LogP contribution in [-0.2, 0) is 14.6 Å². The van der Waals surface area contributed by atoms with Crippen LogP contribution in [0.15, 0.2) is 29.2 Å². The fourth-order valence-electron chi connectivity index (χ4n) is 1.60. The number of sulfone groups is 1. The molecule has 0 aliphatic carbocycles. The summed E-state index contributed by atoms with van der Waals surface area (Å²) in [4.78, 5) is 11.4. The van der Waals surface area contributed by atoms with Crippen molar-refractivity contribution >= 4 is 15.7 Å². The number of benzene rings is 1. The Morgan fingerprint density at radius 2 is 1.86 bits per heavy atom. The van der Waals surface area contributed by atoms with Gasteiger partial charge in [-0.3, -0.25) is 4.79 Å². The molecule has 0 aliphatic rings. The summed E-state index contributed by atoms with van der Waals surface area (Å²) < 4.78 is 62.9. The molecule has 0 saturated carbocycles. The number of rotatable bonds is 7. The van der Waals surface area contributed by atoms with Crippen LogP contribution >= 0.6 is 0 Å². The Morgan fingerprint density at radius 3 is 2.36 bits per heavy atom. The molecule has 3 N–H and O–H groups in total. The van der Waals surface area contributed by atoms with Crippen LogP contribution in [-0.4, -0.2) is 38.6 Å². The van der Waals surface area contributed by atoms with Crippen LogP contribution in [0.25, 0.3) is 0 Å². The van der Waals surface area contributed by atoms with Gasteiger partial charge in [-0.05, 0) is 31.2 Å². The standard InChI is InChI=1S/C13H17F3N2O3S/c1-9(6-12(19)18-8-13(15,16)7-17)22(20,21)11-4-2-10(14)3-5-11/h2-5,9H,6-8,17H2,1H3,(H,18,19). The van der Waals surface area contributed by atoms with E-state index in [9.17, 15) is 26.4 Å². The molecule has 5 nitrogen and oxygen atoms in total. The Balaban J connectivity index is 2.69. The molecule has 1 atom stereocenters. The number of nitrogens with one attached hydrogen (secondary N) is 1. The summed E-state index contributed by atoms with van der Waals surface area (Å²) >= 11 is 0. The lowest BCUT2D eigenvalue weighted by Crippen LogP contribution is -2.42. The van der Waals surface area contributed by atoms with Gasteiger partial charge in [0.05, 0.1) is 23.2 Å². The highest BCUT2D eigenvalue weighted by atomic mass is 32.2. The number of nitrogens with two attached hydrogens (primary N) is 1. The first kappa shape index (κ1) is 18.4. The van der Waals surface area contributed by atoms with E-state index in [1.54, 1.807) is 0 Å². The average Bonchev–Trinajstić information content (AvgIpc) is 2.45. The zero-order valence-corrected chi connectivity index (χ0v) is 12.7. The maximum Gasteiger partial charge on any atom is 0.277 e. The minimum Gasteiger partial charge on any atom is -0.350 e. The summed E-state index contributed by atoms with van der Waals surface area (Å²) in [5, 5.41) is 0.809. The van der Waals surface area contributed by atoms with Crippen molar-refractivity contribution in [3.05, 3.63) is 30.1 Å². The molecule has 1 aromatic carbocycles. The van der Waals surface area contributed by atoms with Gasteiger partial charge in [0.15, 0.2) is 9.84 Å². The second-order valence-corrected chi connectivity index (χ2v) is 7.22. The molecule has 1 amide bonds. The molecule has 0 radical (unpaired) electrons. The van der Waals surface area contributed by atoms with E-state index in [0.29, 0.717) is 0 Å². The Labute approximate surface area is 126 Å². The number of alkyl halides is 2. The van der Waals surface area contributed by atoms with Gasteiger partial charge in [-0.1, -0.05) is 0 Å². The lowest BCUT2D eigenvalue weighted by Gasteiger charge is -2.16. The predicted molar refractivity (Wildman–Crippen MR) is 74.7 cm³/mol. The van der Waals surface area contributed by atoms with Crippen molar-refractivity contribution in [2.45, 2.75) is 29.4 Å². The molecule has 0 fully saturated rings. The normalized spacial score (nSPS) is 13.7. The Morgan fingerprint density at radius 1 is 1.32 bits per heavy atom. The van der Waals surface area contributed by atoms with Crippen molar-refractivity contribution in [2.24, 2.45) is 5.73 Å². The molecule has 0 heterocycles. The zero-order valence-electron chi connectivity index (χ0n) is 11.9. The Hall–Kier alpha value is -1.61. The van der Waals surface area contributed by atoms with Crippen LogP contribution in [0.5, 0.6) is 0 Å². The van der Waals surface area contributed by atoms with Gasteiger partial charge in [0.25, 0.3) is 5.92 Å². The lowest BCUT2D eigenvalue weighted by atomic mass is 10.3. The number of hydrogen-bond donors (Lipinski definition) is 2. The van der Waals surface area contributed by atoms with Gasteiger partial charge in [0.1, 0.15) is 5.82 Å². The number of carbonyl (C=O) groups excluding carboxylic acids is 1. The van der Waals surface area contributed by atoms with Gasteiger partial charge in [-0.2, -0.15) is 0 Å². The first-order valence-electron chi connectivity index (χ1n) is 6.42. The van der Waals surface area contributed by atoms with Gasteiger partial charge in [-0.15, -0.1) is 0 Å². The molecule has 0 spiro atoms. The quantitative estimate of drug-likeness (QED) is 0.728. The highest BCUT2D eigenvalue weighted by Gasteiger charge is 2.29. The predicted octanol–water partition coefficient (Wildman–Crippen LogP) is 1.09. The molecule has 22 heavy (non-hydrogen) atoms. The third-order valence-electron chi connectivity index (χ3n) is 2.99. The van der Waals surface area contributed by atoms with Crippen LogP contribution < -0.4 is 11.1 Å². The van der Waals surface area contributed by atoms with Gasteiger partial charge < -0.3 is 11.1 Å². The second kappa shape index (κ2) is 7.10. The number of halogens is 3. The molecule has 1 aromatic rings. The molecule has 1 rings (SSSR count). The molecule has 0 aliphatic heterocycles. The minimum absolute atomic E-state index is 0.138. The maximum atomic E-state index is 12.9. The van der Waals surface area contributed by atoms with Crippen LogP contribution in [0.1, 0.15) is 13.3 Å². The van der Waals surface area contributed by atoms with Gasteiger partial charge in [0.2, 0.25) is 5.91 Å².